The molecule has 0 unspecified atom stereocenters. The molecule has 4 heterocycles. The van der Waals surface area contributed by atoms with Crippen LogP contribution in [0.2, 0.25) is 0 Å². The van der Waals surface area contributed by atoms with Crippen molar-refractivity contribution in [1.29, 1.82) is 0 Å². The van der Waals surface area contributed by atoms with Crippen LogP contribution in [0.25, 0.3) is 10.9 Å². The number of hydrogen-bond acceptors (Lipinski definition) is 4. The molecule has 1 aromatic carbocycles. The normalized spacial score (nSPS) is 30.2. The molecule has 5 aliphatic rings. The van der Waals surface area contributed by atoms with Crippen molar-refractivity contribution >= 4 is 16.7 Å². The van der Waals surface area contributed by atoms with Gasteiger partial charge >= 0.3 is 0 Å². The molecule has 2 aromatic heterocycles. The lowest BCUT2D eigenvalue weighted by Gasteiger charge is -2.55. The zero-order valence-electron chi connectivity index (χ0n) is 20.9. The fourth-order valence-electron chi connectivity index (χ4n) is 7.79. The fourth-order valence-corrected chi connectivity index (χ4v) is 7.79. The second-order valence-electron chi connectivity index (χ2n) is 11.7. The van der Waals surface area contributed by atoms with E-state index in [2.05, 4.69) is 56.3 Å². The zero-order chi connectivity index (χ0) is 24.4. The molecule has 2 aliphatic heterocycles. The van der Waals surface area contributed by atoms with Gasteiger partial charge < -0.3 is 10.3 Å². The molecule has 1 saturated heterocycles. The maximum absolute atomic E-state index is 15.5. The molecule has 190 valence electrons. The minimum atomic E-state index is -0.291. The number of aromatic nitrogens is 2. The van der Waals surface area contributed by atoms with Gasteiger partial charge in [0.1, 0.15) is 0 Å². The lowest BCUT2D eigenvalue weighted by Crippen LogP contribution is -2.59. The highest BCUT2D eigenvalue weighted by Crippen LogP contribution is 2.60. The third-order valence-electron chi connectivity index (χ3n) is 9.36. The molecule has 0 radical (unpaired) electrons. The van der Waals surface area contributed by atoms with Gasteiger partial charge in [0, 0.05) is 54.0 Å². The van der Waals surface area contributed by atoms with Crippen LogP contribution in [-0.2, 0) is 6.42 Å². The average Bonchev–Trinajstić information content (AvgIpc) is 3.53. The Bertz CT molecular complexity index is 1270. The van der Waals surface area contributed by atoms with Crippen molar-refractivity contribution in [3.05, 3.63) is 59.2 Å². The van der Waals surface area contributed by atoms with Crippen LogP contribution in [0.4, 0.5) is 14.6 Å². The molecule has 4 fully saturated rings. The van der Waals surface area contributed by atoms with Gasteiger partial charge in [-0.25, -0.2) is 9.37 Å². The Labute approximate surface area is 211 Å². The first-order valence-electron chi connectivity index (χ1n) is 13.6. The predicted molar refractivity (Wildman–Crippen MR) is 138 cm³/mol. The van der Waals surface area contributed by atoms with Gasteiger partial charge in [0.2, 0.25) is 0 Å². The molecular weight excluding hydrogens is 456 g/mol. The topological polar surface area (TPSA) is 47.2 Å². The fraction of sp³-hybridized carbons (Fsp3) is 0.552. The van der Waals surface area contributed by atoms with Crippen molar-refractivity contribution in [2.75, 3.05) is 31.6 Å². The number of likely N-dealkylation sites (tertiary alicyclic amines) is 1. The third-order valence-corrected chi connectivity index (χ3v) is 9.36. The van der Waals surface area contributed by atoms with Gasteiger partial charge in [-0.3, -0.25) is 14.2 Å². The van der Waals surface area contributed by atoms with Gasteiger partial charge in [0.15, 0.2) is 11.6 Å². The second-order valence-corrected chi connectivity index (χ2v) is 11.7. The van der Waals surface area contributed by atoms with Crippen LogP contribution in [0, 0.1) is 11.7 Å². The van der Waals surface area contributed by atoms with E-state index in [1.165, 1.54) is 42.3 Å². The number of aromatic amines is 1. The Hall–Kier alpha value is -2.51. The Morgan fingerprint density at radius 2 is 2.06 bits per heavy atom. The summed E-state index contributed by atoms with van der Waals surface area (Å²) in [5, 5.41) is 4.56. The Morgan fingerprint density at radius 1 is 1.22 bits per heavy atom. The Morgan fingerprint density at radius 3 is 2.81 bits per heavy atom. The maximum atomic E-state index is 15.5. The highest BCUT2D eigenvalue weighted by atomic mass is 19.1. The van der Waals surface area contributed by atoms with Crippen molar-refractivity contribution in [1.82, 2.24) is 19.8 Å². The number of para-hydroxylation sites is 1. The van der Waals surface area contributed by atoms with Gasteiger partial charge in [-0.2, -0.15) is 0 Å². The minimum absolute atomic E-state index is 0.0221. The van der Waals surface area contributed by atoms with E-state index in [-0.39, 0.29) is 30.1 Å². The number of nitrogens with one attached hydrogen (secondary N) is 2. The van der Waals surface area contributed by atoms with E-state index >= 15 is 4.39 Å². The van der Waals surface area contributed by atoms with E-state index in [1.807, 2.05) is 6.20 Å². The van der Waals surface area contributed by atoms with E-state index < -0.39 is 0 Å². The molecule has 0 amide bonds. The van der Waals surface area contributed by atoms with Gasteiger partial charge in [-0.05, 0) is 74.6 Å². The van der Waals surface area contributed by atoms with E-state index in [4.69, 9.17) is 0 Å². The van der Waals surface area contributed by atoms with Crippen LogP contribution in [0.3, 0.4) is 0 Å². The molecule has 2 N–H and O–H groups in total. The summed E-state index contributed by atoms with van der Waals surface area (Å²) in [5.74, 6) is 0.889. The first kappa shape index (κ1) is 22.7. The van der Waals surface area contributed by atoms with Gasteiger partial charge in [-0.15, -0.1) is 0 Å². The van der Waals surface area contributed by atoms with Gasteiger partial charge in [-0.1, -0.05) is 18.2 Å². The summed E-state index contributed by atoms with van der Waals surface area (Å²) in [7, 11) is 0. The van der Waals surface area contributed by atoms with Crippen molar-refractivity contribution in [3.63, 3.8) is 0 Å². The van der Waals surface area contributed by atoms with Gasteiger partial charge in [0.25, 0.3) is 0 Å². The molecule has 3 saturated carbocycles. The first-order chi connectivity index (χ1) is 17.5. The molecule has 7 heteroatoms. The summed E-state index contributed by atoms with van der Waals surface area (Å²) in [5.41, 5.74) is 4.90. The minimum Gasteiger partial charge on any atom is -0.362 e. The van der Waals surface area contributed by atoms with E-state index in [0.717, 1.165) is 43.1 Å². The number of nitrogens with zero attached hydrogens (tertiary/aromatic N) is 3. The maximum Gasteiger partial charge on any atom is 0.165 e. The predicted octanol–water partition coefficient (Wildman–Crippen LogP) is 5.44. The molecule has 3 aromatic rings. The lowest BCUT2D eigenvalue weighted by molar-refractivity contribution is -0.0340. The quantitative estimate of drug-likeness (QED) is 0.462. The number of halogens is 2. The van der Waals surface area contributed by atoms with Crippen LogP contribution < -0.4 is 5.32 Å². The van der Waals surface area contributed by atoms with Crippen LogP contribution in [0.15, 0.2) is 36.5 Å². The number of benzene rings is 1. The third kappa shape index (κ3) is 3.50. The van der Waals surface area contributed by atoms with Crippen LogP contribution in [0.1, 0.15) is 61.9 Å². The number of alkyl halides is 1. The van der Waals surface area contributed by atoms with Crippen LogP contribution >= 0.6 is 0 Å². The van der Waals surface area contributed by atoms with Crippen molar-refractivity contribution in [3.8, 4) is 0 Å². The van der Waals surface area contributed by atoms with Crippen LogP contribution in [-0.4, -0.2) is 63.7 Å². The van der Waals surface area contributed by atoms with E-state index in [0.29, 0.717) is 18.3 Å². The molecule has 8 rings (SSSR count). The highest BCUT2D eigenvalue weighted by Gasteiger charge is 2.58. The SMILES string of the molecule is C[C@@H]1Cc2c([nH]c3ccccc23)[C@@H](c2cnc(NC3CN(CCCF)C3)c(F)c2)N1C12CCC(C1)C2. The monoisotopic (exact) mass is 491 g/mol. The number of rotatable bonds is 7. The molecule has 2 bridgehead atoms. The standard InChI is InChI=1S/C29H35F2N5/c1-18-11-23-22-5-2-3-6-25(22)34-26(23)27(36(18)29-8-7-19(13-29)14-29)20-12-24(31)28(32-15-20)33-21-16-35(17-21)10-4-9-30/h2-3,5-6,12,15,18-19,21,27,34H,4,7-11,13-14,16-17H2,1H3,(H,32,33)/t18-,19?,27-,29?/m1/s1. The molecule has 3 aliphatic carbocycles. The molecule has 0 spiro atoms. The number of anilines is 1. The number of fused-ring (bicyclic) bond motifs is 4. The van der Waals surface area contributed by atoms with E-state index in [1.54, 1.807) is 6.07 Å². The summed E-state index contributed by atoms with van der Waals surface area (Å²) in [4.78, 5) is 13.2. The van der Waals surface area contributed by atoms with Crippen molar-refractivity contribution < 1.29 is 8.78 Å². The summed E-state index contributed by atoms with van der Waals surface area (Å²) in [6.07, 6.45) is 8.54. The molecule has 5 nitrogen and oxygen atoms in total. The number of hydrogen-bond donors (Lipinski definition) is 2. The van der Waals surface area contributed by atoms with Crippen molar-refractivity contribution in [2.45, 2.75) is 69.1 Å². The summed E-state index contributed by atoms with van der Waals surface area (Å²) >= 11 is 0. The lowest BCUT2D eigenvalue weighted by atomic mass is 9.72. The van der Waals surface area contributed by atoms with Crippen molar-refractivity contribution in [2.24, 2.45) is 5.92 Å². The first-order valence-corrected chi connectivity index (χ1v) is 13.6. The van der Waals surface area contributed by atoms with Gasteiger partial charge in [0.05, 0.1) is 18.8 Å². The number of pyridine rings is 1. The Balaban J connectivity index is 1.22. The summed E-state index contributed by atoms with van der Waals surface area (Å²) < 4.78 is 27.9. The molecular formula is C29H35F2N5. The van der Waals surface area contributed by atoms with E-state index in [9.17, 15) is 4.39 Å². The smallest absolute Gasteiger partial charge is 0.165 e. The van der Waals surface area contributed by atoms with Crippen LogP contribution in [0.5, 0.6) is 0 Å². The highest BCUT2D eigenvalue weighted by molar-refractivity contribution is 5.85. The summed E-state index contributed by atoms with van der Waals surface area (Å²) in [6.45, 7) is 4.43. The molecule has 2 atom stereocenters. The summed E-state index contributed by atoms with van der Waals surface area (Å²) in [6, 6.07) is 10.8. The number of H-pyrrole nitrogens is 1. The Kier molecular flexibility index (Phi) is 5.37. The zero-order valence-corrected chi connectivity index (χ0v) is 20.9. The average molecular weight is 492 g/mol. The molecule has 36 heavy (non-hydrogen) atoms. The largest absolute Gasteiger partial charge is 0.362 e. The second kappa shape index (κ2) is 8.52.